The molecule has 1 aromatic heterocycles. The van der Waals surface area contributed by atoms with E-state index in [2.05, 4.69) is 30.9 Å². The highest BCUT2D eigenvalue weighted by Crippen LogP contribution is 2.31. The molecule has 0 saturated carbocycles. The molecule has 7 heteroatoms. The lowest BCUT2D eigenvalue weighted by atomic mass is 10.2. The van der Waals surface area contributed by atoms with Crippen molar-refractivity contribution in [3.8, 4) is 11.9 Å². The van der Waals surface area contributed by atoms with Crippen LogP contribution in [0.2, 0.25) is 0 Å². The average molecular weight is 387 g/mol. The first-order valence-corrected chi connectivity index (χ1v) is 8.21. The molecule has 0 atom stereocenters. The Morgan fingerprint density at radius 3 is 2.04 bits per heavy atom. The van der Waals surface area contributed by atoms with Gasteiger partial charge in [-0.25, -0.2) is 0 Å². The normalized spacial score (nSPS) is 10.1. The largest absolute Gasteiger partial charge is 0.492 e. The second-order valence-corrected chi connectivity index (χ2v) is 6.35. The lowest BCUT2D eigenvalue weighted by Gasteiger charge is -2.08. The first-order valence-electron chi connectivity index (χ1n) is 6.64. The van der Waals surface area contributed by atoms with Crippen LogP contribution in [0.3, 0.4) is 0 Å². The third kappa shape index (κ3) is 3.62. The topological polar surface area (TPSA) is 81.0 Å². The third-order valence-corrected chi connectivity index (χ3v) is 4.34. The smallest absolute Gasteiger partial charge is 0.243 e. The standard InChI is InChI=1S/C16H11BrN4OS/c17-10-1-3-11(4-2-10)19-12-5-7-13(8-6-12)20-16-14(9-18)15(22)21-23-16/h1-8,19-20H,(H,21,22). The second-order valence-electron chi connectivity index (χ2n) is 4.66. The fourth-order valence-electron chi connectivity index (χ4n) is 1.94. The summed E-state index contributed by atoms with van der Waals surface area (Å²) in [6, 6.07) is 17.5. The van der Waals surface area contributed by atoms with Crippen LogP contribution in [0, 0.1) is 11.3 Å². The predicted octanol–water partition coefficient (Wildman–Crippen LogP) is 4.97. The number of halogens is 1. The summed E-state index contributed by atoms with van der Waals surface area (Å²) in [5, 5.41) is 25.4. The maximum Gasteiger partial charge on any atom is 0.243 e. The zero-order chi connectivity index (χ0) is 16.2. The van der Waals surface area contributed by atoms with Gasteiger partial charge in [0.05, 0.1) is 0 Å². The summed E-state index contributed by atoms with van der Waals surface area (Å²) in [5.74, 6) is -0.242. The van der Waals surface area contributed by atoms with Gasteiger partial charge in [-0.05, 0) is 60.1 Å². The predicted molar refractivity (Wildman–Crippen MR) is 95.6 cm³/mol. The summed E-state index contributed by atoms with van der Waals surface area (Å²) in [5.41, 5.74) is 2.91. The van der Waals surface area contributed by atoms with Crippen molar-refractivity contribution in [1.29, 1.82) is 5.26 Å². The Hall–Kier alpha value is -2.56. The van der Waals surface area contributed by atoms with Crippen molar-refractivity contribution < 1.29 is 5.11 Å². The van der Waals surface area contributed by atoms with E-state index in [9.17, 15) is 5.11 Å². The first-order chi connectivity index (χ1) is 11.2. The summed E-state index contributed by atoms with van der Waals surface area (Å²) >= 11 is 4.45. The molecule has 1 heterocycles. The Morgan fingerprint density at radius 1 is 0.957 bits per heavy atom. The number of nitrogens with one attached hydrogen (secondary N) is 2. The van der Waals surface area contributed by atoms with E-state index in [1.165, 1.54) is 0 Å². The molecule has 0 bridgehead atoms. The molecule has 0 radical (unpaired) electrons. The summed E-state index contributed by atoms with van der Waals surface area (Å²) in [4.78, 5) is 0. The van der Waals surface area contributed by atoms with E-state index in [0.29, 0.717) is 5.00 Å². The zero-order valence-electron chi connectivity index (χ0n) is 11.7. The van der Waals surface area contributed by atoms with Gasteiger partial charge < -0.3 is 15.7 Å². The van der Waals surface area contributed by atoms with Crippen LogP contribution in [-0.4, -0.2) is 9.48 Å². The molecule has 0 aliphatic heterocycles. The van der Waals surface area contributed by atoms with Gasteiger partial charge in [0.1, 0.15) is 11.1 Å². The highest BCUT2D eigenvalue weighted by molar-refractivity contribution is 9.10. The minimum absolute atomic E-state index is 0.159. The fourth-order valence-corrected chi connectivity index (χ4v) is 2.86. The Balaban J connectivity index is 1.72. The highest BCUT2D eigenvalue weighted by atomic mass is 79.9. The van der Waals surface area contributed by atoms with E-state index < -0.39 is 0 Å². The van der Waals surface area contributed by atoms with Gasteiger partial charge in [0.2, 0.25) is 5.88 Å². The maximum absolute atomic E-state index is 9.46. The molecule has 0 aliphatic rings. The molecule has 114 valence electrons. The van der Waals surface area contributed by atoms with E-state index in [-0.39, 0.29) is 11.4 Å². The molecule has 3 rings (SSSR count). The molecule has 23 heavy (non-hydrogen) atoms. The van der Waals surface area contributed by atoms with E-state index in [1.54, 1.807) is 0 Å². The highest BCUT2D eigenvalue weighted by Gasteiger charge is 2.12. The molecule has 3 N–H and O–H groups in total. The summed E-state index contributed by atoms with van der Waals surface area (Å²) in [6.45, 7) is 0. The van der Waals surface area contributed by atoms with Gasteiger partial charge in [-0.15, -0.1) is 0 Å². The Morgan fingerprint density at radius 2 is 1.48 bits per heavy atom. The van der Waals surface area contributed by atoms with Gasteiger partial charge in [0, 0.05) is 21.5 Å². The van der Waals surface area contributed by atoms with Crippen LogP contribution in [-0.2, 0) is 0 Å². The van der Waals surface area contributed by atoms with Crippen LogP contribution in [0.4, 0.5) is 22.1 Å². The van der Waals surface area contributed by atoms with Crippen LogP contribution in [0.1, 0.15) is 5.56 Å². The van der Waals surface area contributed by atoms with Gasteiger partial charge in [-0.1, -0.05) is 15.9 Å². The minimum Gasteiger partial charge on any atom is -0.492 e. The van der Waals surface area contributed by atoms with Gasteiger partial charge in [-0.3, -0.25) is 0 Å². The fraction of sp³-hybridized carbons (Fsp3) is 0. The number of nitriles is 1. The van der Waals surface area contributed by atoms with Crippen LogP contribution in [0.15, 0.2) is 53.0 Å². The van der Waals surface area contributed by atoms with E-state index in [4.69, 9.17) is 5.26 Å². The lowest BCUT2D eigenvalue weighted by molar-refractivity contribution is 0.458. The van der Waals surface area contributed by atoms with Crippen LogP contribution >= 0.6 is 27.5 Å². The van der Waals surface area contributed by atoms with Crippen molar-refractivity contribution in [3.63, 3.8) is 0 Å². The molecule has 0 unspecified atom stereocenters. The minimum atomic E-state index is -0.242. The number of hydrogen-bond donors (Lipinski definition) is 3. The molecular weight excluding hydrogens is 376 g/mol. The van der Waals surface area contributed by atoms with E-state index >= 15 is 0 Å². The first kappa shape index (κ1) is 15.3. The lowest BCUT2D eigenvalue weighted by Crippen LogP contribution is -1.92. The van der Waals surface area contributed by atoms with Gasteiger partial charge in [0.25, 0.3) is 0 Å². The van der Waals surface area contributed by atoms with Gasteiger partial charge in [0.15, 0.2) is 5.56 Å². The molecule has 0 amide bonds. The van der Waals surface area contributed by atoms with Crippen molar-refractivity contribution in [2.45, 2.75) is 0 Å². The SMILES string of the molecule is N#Cc1c(O)nsc1Nc1ccc(Nc2ccc(Br)cc2)cc1. The molecule has 5 nitrogen and oxygen atoms in total. The number of hydrogen-bond acceptors (Lipinski definition) is 6. The zero-order valence-corrected chi connectivity index (χ0v) is 14.1. The number of nitrogens with zero attached hydrogens (tertiary/aromatic N) is 2. The number of aromatic nitrogens is 1. The molecule has 0 fully saturated rings. The number of benzene rings is 2. The summed E-state index contributed by atoms with van der Waals surface area (Å²) in [6.07, 6.45) is 0. The molecular formula is C16H11BrN4OS. The third-order valence-electron chi connectivity index (χ3n) is 3.06. The van der Waals surface area contributed by atoms with Gasteiger partial charge >= 0.3 is 0 Å². The van der Waals surface area contributed by atoms with Gasteiger partial charge in [-0.2, -0.15) is 9.64 Å². The second kappa shape index (κ2) is 6.69. The molecule has 0 aliphatic carbocycles. The Labute approximate surface area is 145 Å². The van der Waals surface area contributed by atoms with Crippen molar-refractivity contribution in [2.75, 3.05) is 10.6 Å². The van der Waals surface area contributed by atoms with Crippen LogP contribution in [0.25, 0.3) is 0 Å². The van der Waals surface area contributed by atoms with Crippen molar-refractivity contribution in [2.24, 2.45) is 0 Å². The van der Waals surface area contributed by atoms with Crippen molar-refractivity contribution in [1.82, 2.24) is 4.37 Å². The Kier molecular flexibility index (Phi) is 4.46. The van der Waals surface area contributed by atoms with E-state index in [0.717, 1.165) is 33.1 Å². The van der Waals surface area contributed by atoms with Crippen LogP contribution < -0.4 is 10.6 Å². The number of rotatable bonds is 4. The van der Waals surface area contributed by atoms with E-state index in [1.807, 2.05) is 54.6 Å². The summed E-state index contributed by atoms with van der Waals surface area (Å²) in [7, 11) is 0. The van der Waals surface area contributed by atoms with Crippen molar-refractivity contribution in [3.05, 3.63) is 58.6 Å². The number of anilines is 4. The van der Waals surface area contributed by atoms with Crippen LogP contribution in [0.5, 0.6) is 5.88 Å². The summed E-state index contributed by atoms with van der Waals surface area (Å²) < 4.78 is 4.79. The quantitative estimate of drug-likeness (QED) is 0.589. The van der Waals surface area contributed by atoms with Crippen molar-refractivity contribution >= 4 is 49.5 Å². The molecule has 2 aromatic carbocycles. The average Bonchev–Trinajstić information content (AvgIpc) is 2.91. The number of aromatic hydroxyl groups is 1. The molecule has 3 aromatic rings. The monoisotopic (exact) mass is 386 g/mol. The molecule has 0 saturated heterocycles. The molecule has 0 spiro atoms. The Bertz CT molecular complexity index is 853. The maximum atomic E-state index is 9.46.